The average molecular weight is 356 g/mol. The molecule has 0 saturated heterocycles. The van der Waals surface area contributed by atoms with E-state index in [9.17, 15) is 4.39 Å². The number of thiophene rings is 1. The fourth-order valence-corrected chi connectivity index (χ4v) is 3.49. The number of benzene rings is 1. The van der Waals surface area contributed by atoms with E-state index in [2.05, 4.69) is 45.7 Å². The molecule has 0 aliphatic heterocycles. The van der Waals surface area contributed by atoms with E-state index in [0.29, 0.717) is 6.04 Å². The molecule has 1 aromatic heterocycles. The number of nitrogens with one attached hydrogen (secondary N) is 1. The Kier molecular flexibility index (Phi) is 6.20. The van der Waals surface area contributed by atoms with E-state index in [1.807, 2.05) is 6.07 Å². The summed E-state index contributed by atoms with van der Waals surface area (Å²) in [5.41, 5.74) is 1.15. The lowest BCUT2D eigenvalue weighted by Gasteiger charge is -2.19. The number of hydrogen-bond acceptors (Lipinski definition) is 2. The maximum atomic E-state index is 13.1. The first-order chi connectivity index (χ1) is 9.69. The number of halogens is 2. The van der Waals surface area contributed by atoms with Crippen LogP contribution in [0.2, 0.25) is 0 Å². The number of hydrogen-bond donors (Lipinski definition) is 1. The molecule has 1 N–H and O–H groups in total. The van der Waals surface area contributed by atoms with E-state index >= 15 is 0 Å². The van der Waals surface area contributed by atoms with Crippen molar-refractivity contribution in [2.75, 3.05) is 6.54 Å². The second-order valence-electron chi connectivity index (χ2n) is 4.87. The molecule has 0 radical (unpaired) electrons. The quantitative estimate of drug-likeness (QED) is 0.751. The van der Waals surface area contributed by atoms with Crippen LogP contribution in [0.4, 0.5) is 4.39 Å². The highest BCUT2D eigenvalue weighted by atomic mass is 79.9. The van der Waals surface area contributed by atoms with Gasteiger partial charge in [-0.25, -0.2) is 4.39 Å². The maximum Gasteiger partial charge on any atom is 0.124 e. The van der Waals surface area contributed by atoms with Gasteiger partial charge in [0.1, 0.15) is 5.82 Å². The molecule has 0 fully saturated rings. The predicted octanol–water partition coefficient (Wildman–Crippen LogP) is 4.80. The van der Waals surface area contributed by atoms with Crippen LogP contribution in [0.1, 0.15) is 23.8 Å². The van der Waals surface area contributed by atoms with Crippen LogP contribution in [0.15, 0.2) is 40.2 Å². The van der Waals surface area contributed by atoms with Crippen molar-refractivity contribution in [3.63, 3.8) is 0 Å². The van der Waals surface area contributed by atoms with E-state index in [1.165, 1.54) is 17.0 Å². The largest absolute Gasteiger partial charge is 0.313 e. The molecule has 2 aromatic rings. The van der Waals surface area contributed by atoms with E-state index < -0.39 is 0 Å². The number of rotatable bonds is 7. The molecule has 0 aliphatic carbocycles. The van der Waals surface area contributed by atoms with Gasteiger partial charge in [0.2, 0.25) is 0 Å². The van der Waals surface area contributed by atoms with Gasteiger partial charge in [-0.2, -0.15) is 0 Å². The highest BCUT2D eigenvalue weighted by molar-refractivity contribution is 9.10. The van der Waals surface area contributed by atoms with Gasteiger partial charge in [-0.3, -0.25) is 0 Å². The fourth-order valence-electron chi connectivity index (χ4n) is 2.19. The Morgan fingerprint density at radius 2 is 2.15 bits per heavy atom. The molecule has 1 nitrogen and oxygen atoms in total. The Balaban J connectivity index is 2.06. The summed E-state index contributed by atoms with van der Waals surface area (Å²) in [5, 5.41) is 5.70. The molecule has 2 rings (SSSR count). The fraction of sp³-hybridized carbons (Fsp3) is 0.375. The molecule has 1 atom stereocenters. The molecule has 0 aliphatic rings. The zero-order chi connectivity index (χ0) is 14.4. The highest BCUT2D eigenvalue weighted by Crippen LogP contribution is 2.21. The Bertz CT molecular complexity index is 527. The summed E-state index contributed by atoms with van der Waals surface area (Å²) in [6.45, 7) is 3.18. The third-order valence-corrected chi connectivity index (χ3v) is 4.83. The lowest BCUT2D eigenvalue weighted by Crippen LogP contribution is -2.33. The SMILES string of the molecule is CCCNC(Cc1cccs1)Cc1ccc(F)cc1Br. The summed E-state index contributed by atoms with van der Waals surface area (Å²) >= 11 is 5.25. The van der Waals surface area contributed by atoms with E-state index in [4.69, 9.17) is 0 Å². The van der Waals surface area contributed by atoms with Crippen molar-refractivity contribution < 1.29 is 4.39 Å². The Morgan fingerprint density at radius 3 is 2.80 bits per heavy atom. The van der Waals surface area contributed by atoms with Crippen molar-refractivity contribution in [1.82, 2.24) is 5.32 Å². The summed E-state index contributed by atoms with van der Waals surface area (Å²) in [6, 6.07) is 9.58. The lowest BCUT2D eigenvalue weighted by molar-refractivity contribution is 0.506. The van der Waals surface area contributed by atoms with Crippen molar-refractivity contribution in [1.29, 1.82) is 0 Å². The monoisotopic (exact) mass is 355 g/mol. The molecule has 1 heterocycles. The van der Waals surface area contributed by atoms with Crippen molar-refractivity contribution in [2.24, 2.45) is 0 Å². The Hall–Kier alpha value is -0.710. The second kappa shape index (κ2) is 7.91. The molecule has 1 aromatic carbocycles. The Labute approximate surface area is 132 Å². The minimum Gasteiger partial charge on any atom is -0.313 e. The molecule has 108 valence electrons. The molecule has 0 bridgehead atoms. The molecule has 0 amide bonds. The minimum absolute atomic E-state index is 0.197. The summed E-state index contributed by atoms with van der Waals surface area (Å²) in [6.07, 6.45) is 3.03. The van der Waals surface area contributed by atoms with Gasteiger partial charge in [0.05, 0.1) is 0 Å². The molecule has 20 heavy (non-hydrogen) atoms. The minimum atomic E-state index is -0.197. The topological polar surface area (TPSA) is 12.0 Å². The first kappa shape index (κ1) is 15.7. The second-order valence-corrected chi connectivity index (χ2v) is 6.76. The third-order valence-electron chi connectivity index (χ3n) is 3.19. The van der Waals surface area contributed by atoms with Crippen molar-refractivity contribution in [3.8, 4) is 0 Å². The van der Waals surface area contributed by atoms with Gasteiger partial charge in [-0.1, -0.05) is 35.0 Å². The normalized spacial score (nSPS) is 12.6. The predicted molar refractivity (Wildman–Crippen MR) is 87.9 cm³/mol. The van der Waals surface area contributed by atoms with E-state index in [0.717, 1.165) is 35.8 Å². The molecule has 1 unspecified atom stereocenters. The van der Waals surface area contributed by atoms with Crippen molar-refractivity contribution >= 4 is 27.3 Å². The van der Waals surface area contributed by atoms with E-state index in [1.54, 1.807) is 11.3 Å². The van der Waals surface area contributed by atoms with E-state index in [-0.39, 0.29) is 5.82 Å². The molecular weight excluding hydrogens is 337 g/mol. The van der Waals surface area contributed by atoms with Gasteiger partial charge in [-0.15, -0.1) is 11.3 Å². The summed E-state index contributed by atoms with van der Waals surface area (Å²) in [5.74, 6) is -0.197. The zero-order valence-electron chi connectivity index (χ0n) is 11.5. The molecular formula is C16H19BrFNS. The van der Waals surface area contributed by atoms with Crippen LogP contribution in [-0.2, 0) is 12.8 Å². The van der Waals surface area contributed by atoms with Gasteiger partial charge in [0.15, 0.2) is 0 Å². The summed E-state index contributed by atoms with van der Waals surface area (Å²) < 4.78 is 14.0. The van der Waals surface area contributed by atoms with Crippen molar-refractivity contribution in [2.45, 2.75) is 32.2 Å². The van der Waals surface area contributed by atoms with Gasteiger partial charge in [0.25, 0.3) is 0 Å². The molecule has 0 spiro atoms. The van der Waals surface area contributed by atoms with Crippen LogP contribution < -0.4 is 5.32 Å². The van der Waals surface area contributed by atoms with Crippen LogP contribution in [0, 0.1) is 5.82 Å². The van der Waals surface area contributed by atoms with Gasteiger partial charge in [-0.05, 0) is 54.9 Å². The van der Waals surface area contributed by atoms with Crippen molar-refractivity contribution in [3.05, 3.63) is 56.4 Å². The molecule has 4 heteroatoms. The smallest absolute Gasteiger partial charge is 0.124 e. The van der Waals surface area contributed by atoms with Gasteiger partial charge in [0, 0.05) is 15.4 Å². The van der Waals surface area contributed by atoms with Crippen LogP contribution in [0.25, 0.3) is 0 Å². The summed E-state index contributed by atoms with van der Waals surface area (Å²) in [7, 11) is 0. The third kappa shape index (κ3) is 4.69. The van der Waals surface area contributed by atoms with Gasteiger partial charge < -0.3 is 5.32 Å². The first-order valence-electron chi connectivity index (χ1n) is 6.88. The molecule has 0 saturated carbocycles. The summed E-state index contributed by atoms with van der Waals surface area (Å²) in [4.78, 5) is 1.39. The van der Waals surface area contributed by atoms with Gasteiger partial charge >= 0.3 is 0 Å². The lowest BCUT2D eigenvalue weighted by atomic mass is 10.0. The van der Waals surface area contributed by atoms with Crippen LogP contribution >= 0.6 is 27.3 Å². The van der Waals surface area contributed by atoms with Crippen LogP contribution in [-0.4, -0.2) is 12.6 Å². The standard InChI is InChI=1S/C16H19BrFNS/c1-2-7-19-14(11-15-4-3-8-20-15)9-12-5-6-13(18)10-16(12)17/h3-6,8,10,14,19H,2,7,9,11H2,1H3. The van der Waals surface area contributed by atoms with Crippen LogP contribution in [0.5, 0.6) is 0 Å². The highest BCUT2D eigenvalue weighted by Gasteiger charge is 2.12. The average Bonchev–Trinajstić information content (AvgIpc) is 2.92. The zero-order valence-corrected chi connectivity index (χ0v) is 13.9. The van der Waals surface area contributed by atoms with Crippen LogP contribution in [0.3, 0.4) is 0 Å². The first-order valence-corrected chi connectivity index (χ1v) is 8.56. The Morgan fingerprint density at radius 1 is 1.30 bits per heavy atom. The maximum absolute atomic E-state index is 13.1.